The average Bonchev–Trinajstić information content (AvgIpc) is 2.90. The van der Waals surface area contributed by atoms with Gasteiger partial charge in [-0.2, -0.15) is 8.78 Å². The summed E-state index contributed by atoms with van der Waals surface area (Å²) in [7, 11) is -0.0415. The topological polar surface area (TPSA) is 9.23 Å². The molecule has 1 heterocycles. The van der Waals surface area contributed by atoms with E-state index in [1.54, 1.807) is 18.1 Å². The first-order chi connectivity index (χ1) is 17.9. The predicted molar refractivity (Wildman–Crippen MR) is 145 cm³/mol. The van der Waals surface area contributed by atoms with E-state index in [2.05, 4.69) is 11.7 Å². The minimum Gasteiger partial charge on any atom is -0.429 e. The van der Waals surface area contributed by atoms with Crippen molar-refractivity contribution in [1.82, 2.24) is 0 Å². The van der Waals surface area contributed by atoms with Crippen LogP contribution in [-0.4, -0.2) is 15.4 Å². The number of unbranched alkanes of at least 4 members (excludes halogenated alkanes) is 2. The Labute approximate surface area is 221 Å². The van der Waals surface area contributed by atoms with Gasteiger partial charge in [-0.05, 0) is 72.3 Å². The van der Waals surface area contributed by atoms with Crippen molar-refractivity contribution in [3.8, 4) is 16.9 Å². The molecule has 0 amide bonds. The normalized spacial score (nSPS) is 21.5. The Morgan fingerprint density at radius 1 is 0.838 bits per heavy atom. The van der Waals surface area contributed by atoms with Crippen LogP contribution in [0.5, 0.6) is 5.75 Å². The van der Waals surface area contributed by atoms with Gasteiger partial charge in [0.1, 0.15) is 0 Å². The Hall–Kier alpha value is -1.82. The minimum absolute atomic E-state index is 0.0415. The summed E-state index contributed by atoms with van der Waals surface area (Å²) in [6.07, 6.45) is 14.9. The van der Waals surface area contributed by atoms with Crippen molar-refractivity contribution in [2.24, 2.45) is 17.8 Å². The summed E-state index contributed by atoms with van der Waals surface area (Å²) >= 11 is 0. The van der Waals surface area contributed by atoms with E-state index in [1.165, 1.54) is 69.8 Å². The molecule has 0 N–H and O–H groups in total. The van der Waals surface area contributed by atoms with Crippen LogP contribution >= 0.6 is 0 Å². The Balaban J connectivity index is 1.20. The fourth-order valence-corrected chi connectivity index (χ4v) is 9.56. The van der Waals surface area contributed by atoms with E-state index in [0.29, 0.717) is 11.1 Å². The van der Waals surface area contributed by atoms with E-state index >= 15 is 0 Å². The molecule has 0 aromatic heterocycles. The van der Waals surface area contributed by atoms with E-state index in [0.717, 1.165) is 36.3 Å². The predicted octanol–water partition coefficient (Wildman–Crippen LogP) is 10.1. The van der Waals surface area contributed by atoms with Crippen molar-refractivity contribution >= 4 is 8.80 Å². The summed E-state index contributed by atoms with van der Waals surface area (Å²) in [4.78, 5) is 0. The van der Waals surface area contributed by atoms with Crippen LogP contribution in [0.25, 0.3) is 11.1 Å². The number of halogens is 4. The third-order valence-electron chi connectivity index (χ3n) is 8.76. The molecule has 4 rings (SSSR count). The molecule has 37 heavy (non-hydrogen) atoms. The molecule has 2 aliphatic rings. The van der Waals surface area contributed by atoms with Gasteiger partial charge < -0.3 is 4.74 Å². The second-order valence-electron chi connectivity index (χ2n) is 11.2. The highest BCUT2D eigenvalue weighted by Gasteiger charge is 2.31. The maximum Gasteiger partial charge on any atom is 0.387 e. The number of rotatable bonds is 11. The first-order valence-corrected chi connectivity index (χ1v) is 16.4. The second kappa shape index (κ2) is 13.8. The van der Waals surface area contributed by atoms with Crippen LogP contribution in [0.2, 0.25) is 18.1 Å². The Morgan fingerprint density at radius 2 is 1.46 bits per heavy atom. The molecule has 1 radical (unpaired) electrons. The largest absolute Gasteiger partial charge is 0.429 e. The zero-order chi connectivity index (χ0) is 26.2. The Bertz CT molecular complexity index is 941. The Morgan fingerprint density at radius 3 is 2.05 bits per heavy atom. The van der Waals surface area contributed by atoms with Crippen LogP contribution in [-0.2, 0) is 6.42 Å². The smallest absolute Gasteiger partial charge is 0.387 e. The fourth-order valence-electron chi connectivity index (χ4n) is 6.51. The summed E-state index contributed by atoms with van der Waals surface area (Å²) < 4.78 is 56.9. The molecule has 0 bridgehead atoms. The summed E-state index contributed by atoms with van der Waals surface area (Å²) in [6, 6.07) is 14.4. The summed E-state index contributed by atoms with van der Waals surface area (Å²) in [5.74, 6) is -0.569. The number of hydrogen-bond acceptors (Lipinski definition) is 1. The van der Waals surface area contributed by atoms with Gasteiger partial charge in [0.05, 0.1) is 0 Å². The van der Waals surface area contributed by atoms with Gasteiger partial charge in [0.2, 0.25) is 0 Å². The maximum absolute atomic E-state index is 14.1. The molecule has 1 aliphatic heterocycles. The van der Waals surface area contributed by atoms with Crippen molar-refractivity contribution in [3.63, 3.8) is 0 Å². The standard InChI is InChI=1S/C31H41F4OSi/c1-2-3-4-17-37-18-15-26(16-19-37)24-11-7-22(8-12-24)5-6-23-9-13-25(14-10-23)27-20-28(32)30(29(33)21-27)36-31(34)35/h9-10,13-14,20-22,24,26,31H,2-8,11-12,15-19H2,1H3. The Kier molecular flexibility index (Phi) is 10.5. The first kappa shape index (κ1) is 28.2. The second-order valence-corrected chi connectivity index (χ2v) is 14.2. The molecular weight excluding hydrogens is 492 g/mol. The molecule has 203 valence electrons. The van der Waals surface area contributed by atoms with E-state index in [9.17, 15) is 17.6 Å². The molecule has 0 spiro atoms. The maximum atomic E-state index is 14.1. The van der Waals surface area contributed by atoms with Gasteiger partial charge >= 0.3 is 6.61 Å². The molecule has 1 aliphatic carbocycles. The van der Waals surface area contributed by atoms with E-state index in [1.807, 2.05) is 24.3 Å². The molecule has 0 unspecified atom stereocenters. The van der Waals surface area contributed by atoms with Crippen LogP contribution < -0.4 is 4.74 Å². The van der Waals surface area contributed by atoms with Crippen molar-refractivity contribution in [1.29, 1.82) is 0 Å². The van der Waals surface area contributed by atoms with Gasteiger partial charge in [-0.3, -0.25) is 0 Å². The van der Waals surface area contributed by atoms with Crippen molar-refractivity contribution in [2.45, 2.75) is 102 Å². The highest BCUT2D eigenvalue weighted by Crippen LogP contribution is 2.42. The molecule has 1 saturated carbocycles. The summed E-state index contributed by atoms with van der Waals surface area (Å²) in [6.45, 7) is -0.973. The summed E-state index contributed by atoms with van der Waals surface area (Å²) in [5.41, 5.74) is 2.17. The van der Waals surface area contributed by atoms with Crippen LogP contribution in [0.1, 0.15) is 76.7 Å². The van der Waals surface area contributed by atoms with E-state index in [-0.39, 0.29) is 8.80 Å². The molecule has 1 nitrogen and oxygen atoms in total. The van der Waals surface area contributed by atoms with Crippen molar-refractivity contribution in [2.75, 3.05) is 0 Å². The SMILES string of the molecule is CCCCC[Si]1CCC(C2CCC(CCc3ccc(-c4cc(F)c(OC(F)F)c(F)c4)cc3)CC2)CC1. The van der Waals surface area contributed by atoms with Crippen LogP contribution in [0, 0.1) is 29.4 Å². The highest BCUT2D eigenvalue weighted by molar-refractivity contribution is 6.58. The van der Waals surface area contributed by atoms with Crippen LogP contribution in [0.3, 0.4) is 0 Å². The lowest BCUT2D eigenvalue weighted by Crippen LogP contribution is -2.28. The number of hydrogen-bond donors (Lipinski definition) is 0. The minimum atomic E-state index is -3.27. The quantitative estimate of drug-likeness (QED) is 0.159. The molecule has 2 aromatic rings. The number of benzene rings is 2. The third kappa shape index (κ3) is 8.08. The van der Waals surface area contributed by atoms with Gasteiger partial charge in [-0.15, -0.1) is 0 Å². The number of alkyl halides is 2. The van der Waals surface area contributed by atoms with E-state index < -0.39 is 24.0 Å². The zero-order valence-electron chi connectivity index (χ0n) is 22.1. The zero-order valence-corrected chi connectivity index (χ0v) is 23.1. The lowest BCUT2D eigenvalue weighted by Gasteiger charge is -2.37. The van der Waals surface area contributed by atoms with E-state index in [4.69, 9.17) is 0 Å². The first-order valence-electron chi connectivity index (χ1n) is 14.3. The van der Waals surface area contributed by atoms with Crippen molar-refractivity contribution < 1.29 is 22.3 Å². The lowest BCUT2D eigenvalue weighted by molar-refractivity contribution is -0.0546. The number of aryl methyl sites for hydroxylation is 1. The monoisotopic (exact) mass is 533 g/mol. The van der Waals surface area contributed by atoms with Crippen LogP contribution in [0.4, 0.5) is 17.6 Å². The third-order valence-corrected chi connectivity index (χ3v) is 11.8. The lowest BCUT2D eigenvalue weighted by atomic mass is 9.73. The fraction of sp³-hybridized carbons (Fsp3) is 0.613. The molecule has 6 heteroatoms. The molecule has 1 saturated heterocycles. The van der Waals surface area contributed by atoms with Gasteiger partial charge in [-0.1, -0.05) is 94.3 Å². The van der Waals surface area contributed by atoms with Gasteiger partial charge in [0, 0.05) is 8.80 Å². The molecule has 0 atom stereocenters. The van der Waals surface area contributed by atoms with Crippen molar-refractivity contribution in [3.05, 3.63) is 53.6 Å². The molecular formula is C31H41F4OSi. The highest BCUT2D eigenvalue weighted by atomic mass is 28.3. The van der Waals surface area contributed by atoms with Crippen LogP contribution in [0.15, 0.2) is 36.4 Å². The summed E-state index contributed by atoms with van der Waals surface area (Å²) in [5, 5.41) is 0. The molecule has 2 aromatic carbocycles. The molecule has 2 fully saturated rings. The van der Waals surface area contributed by atoms with Gasteiger partial charge in [-0.25, -0.2) is 8.78 Å². The van der Waals surface area contributed by atoms with Gasteiger partial charge in [0.15, 0.2) is 17.4 Å². The average molecular weight is 534 g/mol. The number of ether oxygens (including phenoxy) is 1. The van der Waals surface area contributed by atoms with Gasteiger partial charge in [0.25, 0.3) is 0 Å².